The van der Waals surface area contributed by atoms with Crippen molar-refractivity contribution in [3.63, 3.8) is 0 Å². The van der Waals surface area contributed by atoms with Crippen LogP contribution in [0.15, 0.2) is 46.9 Å². The normalized spacial score (nSPS) is 20.7. The number of aliphatic hydroxyl groups is 1. The Labute approximate surface area is 202 Å². The summed E-state index contributed by atoms with van der Waals surface area (Å²) in [6.07, 6.45) is 4.46. The van der Waals surface area contributed by atoms with E-state index in [1.807, 2.05) is 0 Å². The molecule has 2 aliphatic rings. The van der Waals surface area contributed by atoms with Crippen LogP contribution < -0.4 is 20.3 Å². The summed E-state index contributed by atoms with van der Waals surface area (Å²) in [6, 6.07) is 11.1. The Morgan fingerprint density at radius 3 is 2.76 bits per heavy atom. The van der Waals surface area contributed by atoms with Gasteiger partial charge in [-0.25, -0.2) is 4.79 Å². The van der Waals surface area contributed by atoms with Crippen LogP contribution in [0.5, 0.6) is 5.75 Å². The fraction of sp³-hybridized carbons (Fsp3) is 0.417. The maximum Gasteiger partial charge on any atom is 0.329 e. The van der Waals surface area contributed by atoms with Crippen molar-refractivity contribution in [1.82, 2.24) is 10.2 Å². The lowest BCUT2D eigenvalue weighted by Crippen LogP contribution is -2.62. The summed E-state index contributed by atoms with van der Waals surface area (Å²) in [4.78, 5) is 30.1. The van der Waals surface area contributed by atoms with Gasteiger partial charge in [0, 0.05) is 22.6 Å². The summed E-state index contributed by atoms with van der Waals surface area (Å²) in [5.74, 6) is -0.150. The first kappa shape index (κ1) is 23.5. The minimum atomic E-state index is -2.24. The minimum absolute atomic E-state index is 0.285. The van der Waals surface area contributed by atoms with E-state index >= 15 is 0 Å². The molecule has 2 aromatic rings. The van der Waals surface area contributed by atoms with Crippen LogP contribution in [-0.2, 0) is 10.5 Å². The molecular weight excluding hydrogens is 488 g/mol. The lowest BCUT2D eigenvalue weighted by molar-refractivity contribution is -0.140. The van der Waals surface area contributed by atoms with Gasteiger partial charge in [-0.1, -0.05) is 28.4 Å². The van der Waals surface area contributed by atoms with Gasteiger partial charge in [-0.05, 0) is 69.2 Å². The first-order valence-electron chi connectivity index (χ1n) is 11.2. The molecule has 2 aliphatic heterocycles. The molecular formula is C24H29BrN4O4. The maximum atomic E-state index is 13.5. The molecule has 9 heteroatoms. The fourth-order valence-electron chi connectivity index (χ4n) is 4.44. The lowest BCUT2D eigenvalue weighted by atomic mass is 9.94. The number of methoxy groups -OCH3 is 1. The van der Waals surface area contributed by atoms with Gasteiger partial charge in [0.25, 0.3) is 11.6 Å². The van der Waals surface area contributed by atoms with E-state index in [9.17, 15) is 14.7 Å². The molecule has 176 valence electrons. The zero-order valence-corrected chi connectivity index (χ0v) is 20.2. The number of carbonyl (C=O) groups is 2. The molecule has 0 radical (unpaired) electrons. The van der Waals surface area contributed by atoms with E-state index in [4.69, 9.17) is 4.74 Å². The number of benzene rings is 2. The summed E-state index contributed by atoms with van der Waals surface area (Å²) >= 11 is 3.41. The summed E-state index contributed by atoms with van der Waals surface area (Å²) in [6.45, 7) is 3.46. The van der Waals surface area contributed by atoms with Gasteiger partial charge in [-0.15, -0.1) is 0 Å². The molecule has 0 aliphatic carbocycles. The van der Waals surface area contributed by atoms with E-state index in [0.717, 1.165) is 31.0 Å². The Bertz CT molecular complexity index is 1030. The van der Waals surface area contributed by atoms with Crippen LogP contribution >= 0.6 is 15.9 Å². The van der Waals surface area contributed by atoms with Gasteiger partial charge in [0.2, 0.25) is 0 Å². The molecule has 4 rings (SSSR count). The van der Waals surface area contributed by atoms with Crippen LogP contribution in [0.3, 0.4) is 0 Å². The Morgan fingerprint density at radius 2 is 2.00 bits per heavy atom. The van der Waals surface area contributed by atoms with Crippen LogP contribution in [0.2, 0.25) is 0 Å². The predicted molar refractivity (Wildman–Crippen MR) is 130 cm³/mol. The number of nitrogens with one attached hydrogen (secondary N) is 2. The van der Waals surface area contributed by atoms with E-state index in [1.54, 1.807) is 42.5 Å². The van der Waals surface area contributed by atoms with Crippen LogP contribution in [0.25, 0.3) is 0 Å². The third-order valence-corrected chi connectivity index (χ3v) is 6.63. The number of hydrogen-bond donors (Lipinski definition) is 3. The molecule has 0 aromatic heterocycles. The fourth-order valence-corrected chi connectivity index (χ4v) is 4.80. The third kappa shape index (κ3) is 4.85. The second kappa shape index (κ2) is 10.1. The number of ether oxygens (including phenoxy) is 1. The van der Waals surface area contributed by atoms with Gasteiger partial charge in [-0.3, -0.25) is 9.69 Å². The molecule has 3 N–H and O–H groups in total. The predicted octanol–water partition coefficient (Wildman–Crippen LogP) is 3.65. The first-order valence-corrected chi connectivity index (χ1v) is 12.0. The highest BCUT2D eigenvalue weighted by Crippen LogP contribution is 2.41. The molecule has 2 heterocycles. The highest BCUT2D eigenvalue weighted by molar-refractivity contribution is 9.10. The Balaban J connectivity index is 1.61. The van der Waals surface area contributed by atoms with E-state index in [1.165, 1.54) is 26.4 Å². The number of amides is 3. The molecule has 0 unspecified atom stereocenters. The van der Waals surface area contributed by atoms with Crippen molar-refractivity contribution in [2.24, 2.45) is 0 Å². The van der Waals surface area contributed by atoms with Crippen molar-refractivity contribution in [3.05, 3.63) is 52.5 Å². The summed E-state index contributed by atoms with van der Waals surface area (Å²) in [7, 11) is 1.52. The molecule has 0 saturated carbocycles. The van der Waals surface area contributed by atoms with Crippen molar-refractivity contribution in [2.45, 2.75) is 31.4 Å². The van der Waals surface area contributed by atoms with Gasteiger partial charge in [0.05, 0.1) is 18.5 Å². The highest BCUT2D eigenvalue weighted by Gasteiger charge is 2.52. The first-order chi connectivity index (χ1) is 15.9. The number of rotatable bonds is 7. The summed E-state index contributed by atoms with van der Waals surface area (Å²) < 4.78 is 5.96. The topological polar surface area (TPSA) is 94.1 Å². The zero-order chi connectivity index (χ0) is 23.4. The summed E-state index contributed by atoms with van der Waals surface area (Å²) in [5.41, 5.74) is -1.23. The second-order valence-corrected chi connectivity index (χ2v) is 9.26. The standard InChI is InChI=1S/C24H29BrN4O4/c1-33-19-8-5-7-18(16-19)29-23(31)27-21-10-9-17(25)15-20(21)24(29,32)22(30)26-11-6-14-28-12-3-2-4-13-28/h5,7-10,15-16,32H,2-4,6,11-14H2,1H3,(H,26,30)(H,27,31)/t24-/m1/s1. The van der Waals surface area contributed by atoms with E-state index in [-0.39, 0.29) is 5.56 Å². The lowest BCUT2D eigenvalue weighted by Gasteiger charge is -2.42. The number of fused-ring (bicyclic) bond motifs is 1. The molecule has 8 nitrogen and oxygen atoms in total. The summed E-state index contributed by atoms with van der Waals surface area (Å²) in [5, 5.41) is 17.5. The Hall–Kier alpha value is -2.62. The van der Waals surface area contributed by atoms with Gasteiger partial charge >= 0.3 is 6.03 Å². The van der Waals surface area contributed by atoms with Gasteiger partial charge < -0.3 is 25.4 Å². The number of piperidine rings is 1. The van der Waals surface area contributed by atoms with Gasteiger partial charge in [0.15, 0.2) is 0 Å². The SMILES string of the molecule is COc1cccc(N2C(=O)Nc3ccc(Br)cc3[C@@]2(O)C(=O)NCCCN2CCCCC2)c1. The van der Waals surface area contributed by atoms with Crippen LogP contribution in [0, 0.1) is 0 Å². The van der Waals surface area contributed by atoms with Gasteiger partial charge in [-0.2, -0.15) is 0 Å². The van der Waals surface area contributed by atoms with Crippen LogP contribution in [0.4, 0.5) is 16.2 Å². The monoisotopic (exact) mass is 516 g/mol. The van der Waals surface area contributed by atoms with Crippen molar-refractivity contribution in [1.29, 1.82) is 0 Å². The quantitative estimate of drug-likeness (QED) is 0.488. The molecule has 2 aromatic carbocycles. The number of likely N-dealkylation sites (tertiary alicyclic amines) is 1. The number of hydrogen-bond acceptors (Lipinski definition) is 5. The molecule has 33 heavy (non-hydrogen) atoms. The molecule has 1 fully saturated rings. The average Bonchev–Trinajstić information content (AvgIpc) is 2.83. The number of anilines is 2. The van der Waals surface area contributed by atoms with Crippen LogP contribution in [0.1, 0.15) is 31.2 Å². The number of carbonyl (C=O) groups excluding carboxylic acids is 2. The third-order valence-electron chi connectivity index (χ3n) is 6.14. The molecule has 1 saturated heterocycles. The van der Waals surface area contributed by atoms with Crippen LogP contribution in [-0.4, -0.2) is 55.2 Å². The zero-order valence-electron chi connectivity index (χ0n) is 18.6. The molecule has 1 atom stereocenters. The Morgan fingerprint density at radius 1 is 1.21 bits per heavy atom. The van der Waals surface area contributed by atoms with Crippen molar-refractivity contribution in [3.8, 4) is 5.75 Å². The number of nitrogens with zero attached hydrogens (tertiary/aromatic N) is 2. The van der Waals surface area contributed by atoms with E-state index in [2.05, 4.69) is 31.5 Å². The van der Waals surface area contributed by atoms with Crippen molar-refractivity contribution < 1.29 is 19.4 Å². The maximum absolute atomic E-state index is 13.5. The largest absolute Gasteiger partial charge is 0.497 e. The number of urea groups is 1. The van der Waals surface area contributed by atoms with Crippen molar-refractivity contribution >= 4 is 39.2 Å². The van der Waals surface area contributed by atoms with Crippen molar-refractivity contribution in [2.75, 3.05) is 43.5 Å². The molecule has 0 bridgehead atoms. The minimum Gasteiger partial charge on any atom is -0.497 e. The highest BCUT2D eigenvalue weighted by atomic mass is 79.9. The average molecular weight is 517 g/mol. The van der Waals surface area contributed by atoms with Gasteiger partial charge in [0.1, 0.15) is 5.75 Å². The molecule has 0 spiro atoms. The smallest absolute Gasteiger partial charge is 0.329 e. The Kier molecular flexibility index (Phi) is 7.21. The van der Waals surface area contributed by atoms with E-state index < -0.39 is 17.7 Å². The number of halogens is 1. The molecule has 3 amide bonds. The van der Waals surface area contributed by atoms with E-state index in [0.29, 0.717) is 28.1 Å². The second-order valence-electron chi connectivity index (χ2n) is 8.34.